The molecule has 0 aromatic carbocycles. The van der Waals surface area contributed by atoms with E-state index in [-0.39, 0.29) is 12.8 Å². The zero-order valence-corrected chi connectivity index (χ0v) is 36.2. The number of carboxylic acid groups (broad SMARTS) is 1. The number of nitrogens with two attached hydrogens (primary N) is 1. The molecule has 0 radical (unpaired) electrons. The lowest BCUT2D eigenvalue weighted by Gasteiger charge is -2.20. The Labute approximate surface area is 349 Å². The maximum Gasteiger partial charge on any atom is 0.472 e. The Morgan fingerprint density at radius 1 is 0.552 bits per heavy atom. The van der Waals surface area contributed by atoms with Crippen molar-refractivity contribution in [3.05, 3.63) is 97.2 Å². The molecule has 0 saturated heterocycles. The second-order valence-electron chi connectivity index (χ2n) is 13.7. The van der Waals surface area contributed by atoms with Crippen LogP contribution in [0.5, 0.6) is 0 Å². The van der Waals surface area contributed by atoms with Crippen LogP contribution in [0.1, 0.15) is 142 Å². The third-order valence-electron chi connectivity index (χ3n) is 8.33. The SMILES string of the molecule is CC/C=C/C/C=C/C/C=C/C/C=C/C/C=C/C/C=C/CCC(=O)O[C@H](COC(=O)CCCC/C=C/C/C=C/CCCCCCCC)COP(=O)(O)OC[C@H](N)C(=O)O. The number of phosphoric acid groups is 1. The smallest absolute Gasteiger partial charge is 0.472 e. The molecule has 0 aromatic heterocycles. The Morgan fingerprint density at radius 2 is 1.00 bits per heavy atom. The van der Waals surface area contributed by atoms with Crippen molar-refractivity contribution in [2.24, 2.45) is 5.73 Å². The molecule has 0 fully saturated rings. The third-order valence-corrected chi connectivity index (χ3v) is 9.28. The number of hydrogen-bond donors (Lipinski definition) is 3. The first-order chi connectivity index (χ1) is 28.1. The first kappa shape index (κ1) is 54.4. The summed E-state index contributed by atoms with van der Waals surface area (Å²) in [5, 5.41) is 8.88. The van der Waals surface area contributed by atoms with Crippen LogP contribution in [0.4, 0.5) is 0 Å². The largest absolute Gasteiger partial charge is 0.480 e. The van der Waals surface area contributed by atoms with Crippen molar-refractivity contribution in [1.82, 2.24) is 0 Å². The van der Waals surface area contributed by atoms with Gasteiger partial charge in [-0.3, -0.25) is 23.4 Å². The minimum Gasteiger partial charge on any atom is -0.480 e. The van der Waals surface area contributed by atoms with Crippen molar-refractivity contribution in [3.63, 3.8) is 0 Å². The summed E-state index contributed by atoms with van der Waals surface area (Å²) in [6.45, 7) is 2.55. The van der Waals surface area contributed by atoms with Gasteiger partial charge in [0.25, 0.3) is 0 Å². The van der Waals surface area contributed by atoms with Crippen molar-refractivity contribution < 1.29 is 47.5 Å². The molecule has 1 unspecified atom stereocenters. The van der Waals surface area contributed by atoms with Crippen molar-refractivity contribution in [2.75, 3.05) is 19.8 Å². The molecule has 12 heteroatoms. The highest BCUT2D eigenvalue weighted by Crippen LogP contribution is 2.43. The Kier molecular flexibility index (Phi) is 37.7. The zero-order chi connectivity index (χ0) is 42.8. The Morgan fingerprint density at radius 3 is 1.52 bits per heavy atom. The van der Waals surface area contributed by atoms with Gasteiger partial charge in [-0.05, 0) is 83.5 Å². The molecule has 328 valence electrons. The van der Waals surface area contributed by atoms with Crippen LogP contribution in [0.2, 0.25) is 0 Å². The van der Waals surface area contributed by atoms with Crippen molar-refractivity contribution in [1.29, 1.82) is 0 Å². The minimum absolute atomic E-state index is 0.0236. The van der Waals surface area contributed by atoms with Crippen LogP contribution in [0, 0.1) is 0 Å². The Balaban J connectivity index is 4.58. The van der Waals surface area contributed by atoms with E-state index in [1.165, 1.54) is 38.5 Å². The van der Waals surface area contributed by atoms with E-state index in [0.29, 0.717) is 19.3 Å². The summed E-state index contributed by atoms with van der Waals surface area (Å²) in [7, 11) is -4.75. The van der Waals surface area contributed by atoms with Gasteiger partial charge in [0, 0.05) is 12.8 Å². The van der Waals surface area contributed by atoms with Crippen molar-refractivity contribution in [2.45, 2.75) is 154 Å². The van der Waals surface area contributed by atoms with Crippen molar-refractivity contribution in [3.8, 4) is 0 Å². The fourth-order valence-corrected chi connectivity index (χ4v) is 5.78. The second kappa shape index (κ2) is 40.2. The van der Waals surface area contributed by atoms with E-state index < -0.39 is 57.7 Å². The number of esters is 2. The highest BCUT2D eigenvalue weighted by molar-refractivity contribution is 7.47. The number of aliphatic carboxylic acids is 1. The highest BCUT2D eigenvalue weighted by Gasteiger charge is 2.28. The fraction of sp³-hybridized carbons (Fsp3) is 0.587. The van der Waals surface area contributed by atoms with Crippen LogP contribution in [0.25, 0.3) is 0 Å². The topological polar surface area (TPSA) is 172 Å². The number of unbranched alkanes of at least 4 members (excludes halogenated alkanes) is 8. The van der Waals surface area contributed by atoms with Crippen LogP contribution < -0.4 is 5.73 Å². The monoisotopic (exact) mass is 832 g/mol. The molecule has 0 bridgehead atoms. The molecule has 3 atom stereocenters. The van der Waals surface area contributed by atoms with Crippen LogP contribution in [0.15, 0.2) is 97.2 Å². The van der Waals surface area contributed by atoms with Gasteiger partial charge in [0.15, 0.2) is 6.10 Å². The molecular formula is C46H74NO10P. The molecule has 4 N–H and O–H groups in total. The Hall–Kier alpha value is -3.60. The summed E-state index contributed by atoms with van der Waals surface area (Å²) in [5.74, 6) is -2.54. The van der Waals surface area contributed by atoms with Gasteiger partial charge in [-0.2, -0.15) is 0 Å². The van der Waals surface area contributed by atoms with E-state index in [2.05, 4.69) is 97.4 Å². The first-order valence-electron chi connectivity index (χ1n) is 21.3. The van der Waals surface area contributed by atoms with Crippen LogP contribution in [0.3, 0.4) is 0 Å². The van der Waals surface area contributed by atoms with Crippen molar-refractivity contribution >= 4 is 25.7 Å². The molecule has 0 spiro atoms. The van der Waals surface area contributed by atoms with Crippen LogP contribution in [-0.4, -0.2) is 59.9 Å². The molecule has 0 aliphatic carbocycles. The minimum atomic E-state index is -4.75. The number of carbonyl (C=O) groups is 3. The average molecular weight is 832 g/mol. The predicted molar refractivity (Wildman–Crippen MR) is 235 cm³/mol. The summed E-state index contributed by atoms with van der Waals surface area (Å²) >= 11 is 0. The molecule has 0 aliphatic heterocycles. The summed E-state index contributed by atoms with van der Waals surface area (Å²) in [4.78, 5) is 45.9. The van der Waals surface area contributed by atoms with Gasteiger partial charge in [0.05, 0.1) is 13.2 Å². The molecule has 0 aromatic rings. The molecule has 58 heavy (non-hydrogen) atoms. The standard InChI is InChI=1S/C46H74NO10P/c1-3-5-7-9-11-13-15-17-19-20-21-22-24-26-28-30-32-34-36-38-45(49)57-42(40-55-58(52,53)56-41-43(47)46(50)51)39-54-44(48)37-35-33-31-29-27-25-23-18-16-14-12-10-8-6-4-2/h5,7,11,13,17-19,21-23,26-29,32,34,42-43H,3-4,6,8-10,12,14-16,20,24-25,30-31,33,35-41,47H2,1-2H3,(H,50,51)(H,52,53)/b7-5+,13-11+,19-17+,22-21+,23-18+,28-26+,29-27+,34-32+/t42-,43+/m1/s1. The van der Waals surface area contributed by atoms with Crippen LogP contribution in [-0.2, 0) is 37.5 Å². The number of rotatable bonds is 38. The molecule has 0 saturated carbocycles. The van der Waals surface area contributed by atoms with Gasteiger partial charge < -0.3 is 25.2 Å². The maximum absolute atomic E-state index is 12.6. The number of ether oxygens (including phenoxy) is 2. The predicted octanol–water partition coefficient (Wildman–Crippen LogP) is 11.3. The van der Waals surface area contributed by atoms with E-state index in [4.69, 9.17) is 24.8 Å². The molecule has 0 aliphatic rings. The maximum atomic E-state index is 12.6. The lowest BCUT2D eigenvalue weighted by Crippen LogP contribution is -2.34. The lowest BCUT2D eigenvalue weighted by molar-refractivity contribution is -0.161. The van der Waals surface area contributed by atoms with Gasteiger partial charge in [-0.25, -0.2) is 4.57 Å². The van der Waals surface area contributed by atoms with E-state index in [1.54, 1.807) is 0 Å². The first-order valence-corrected chi connectivity index (χ1v) is 22.8. The summed E-state index contributed by atoms with van der Waals surface area (Å²) < 4.78 is 32.5. The molecule has 0 rings (SSSR count). The van der Waals surface area contributed by atoms with Gasteiger partial charge in [-0.15, -0.1) is 0 Å². The fourth-order valence-electron chi connectivity index (χ4n) is 5.00. The second-order valence-corrected chi connectivity index (χ2v) is 15.2. The summed E-state index contributed by atoms with van der Waals surface area (Å²) in [6, 6.07) is -1.54. The van der Waals surface area contributed by atoms with E-state index in [9.17, 15) is 23.8 Å². The van der Waals surface area contributed by atoms with Gasteiger partial charge in [0.1, 0.15) is 12.6 Å². The number of hydrogen-bond acceptors (Lipinski definition) is 9. The number of carbonyl (C=O) groups excluding carboxylic acids is 2. The quantitative estimate of drug-likeness (QED) is 0.0234. The average Bonchev–Trinajstić information content (AvgIpc) is 3.20. The third kappa shape index (κ3) is 39.2. The van der Waals surface area contributed by atoms with Gasteiger partial charge >= 0.3 is 25.7 Å². The molecule has 11 nitrogen and oxygen atoms in total. The van der Waals surface area contributed by atoms with Gasteiger partial charge in [0.2, 0.25) is 0 Å². The van der Waals surface area contributed by atoms with E-state index in [0.717, 1.165) is 57.8 Å². The Bertz CT molecular complexity index is 1350. The highest BCUT2D eigenvalue weighted by atomic mass is 31.2. The molecular weight excluding hydrogens is 757 g/mol. The van der Waals surface area contributed by atoms with E-state index in [1.807, 2.05) is 18.2 Å². The normalized spacial score (nSPS) is 14.7. The molecule has 0 heterocycles. The van der Waals surface area contributed by atoms with Gasteiger partial charge in [-0.1, -0.05) is 143 Å². The summed E-state index contributed by atoms with van der Waals surface area (Å²) in [5.41, 5.74) is 5.32. The summed E-state index contributed by atoms with van der Waals surface area (Å²) in [6.07, 6.45) is 50.6. The van der Waals surface area contributed by atoms with E-state index >= 15 is 0 Å². The lowest BCUT2D eigenvalue weighted by atomic mass is 10.1. The molecule has 0 amide bonds. The number of allylic oxidation sites excluding steroid dienone is 16. The number of carboxylic acids is 1. The van der Waals surface area contributed by atoms with Crippen LogP contribution >= 0.6 is 7.82 Å². The zero-order valence-electron chi connectivity index (χ0n) is 35.3. The number of phosphoric ester groups is 1.